The first-order valence-electron chi connectivity index (χ1n) is 13.2. The van der Waals surface area contributed by atoms with Crippen molar-refractivity contribution in [3.8, 4) is 0 Å². The fraction of sp³-hybridized carbons (Fsp3) is 0.379. The smallest absolute Gasteiger partial charge is 0.257 e. The zero-order valence-electron chi connectivity index (χ0n) is 22.3. The third-order valence-corrected chi connectivity index (χ3v) is 6.98. The standard InChI is InChI=1S/C29H35ClN4O5/c1-3-33(4-2)13-14-34-19-24(28(37)32-17-20-7-9-21(30)10-8-20)27(36)23-16-22(39-29(23)34)18-31-12-11-25(35)26-6-5-15-38-26/h5-10,15-16,19,25,31,35H,3-4,11-14,17-18H2,1-2H3,(H,32,37)/t25-/m1/s1. The van der Waals surface area contributed by atoms with Crippen LogP contribution in [0.25, 0.3) is 11.1 Å². The molecule has 3 aromatic heterocycles. The highest BCUT2D eigenvalue weighted by Crippen LogP contribution is 2.19. The molecule has 0 aliphatic carbocycles. The van der Waals surface area contributed by atoms with Gasteiger partial charge in [-0.15, -0.1) is 0 Å². The van der Waals surface area contributed by atoms with Gasteiger partial charge in [-0.2, -0.15) is 0 Å². The van der Waals surface area contributed by atoms with Crippen LogP contribution in [-0.4, -0.2) is 46.7 Å². The SMILES string of the molecule is CCN(CC)CCn1cc(C(=O)NCc2ccc(Cl)cc2)c(=O)c2cc(CNCC[C@@H](O)c3ccco3)oc21. The molecule has 0 aliphatic heterocycles. The molecule has 0 spiro atoms. The summed E-state index contributed by atoms with van der Waals surface area (Å²) in [6.45, 7) is 8.45. The molecule has 1 aromatic carbocycles. The van der Waals surface area contributed by atoms with E-state index in [2.05, 4.69) is 29.4 Å². The van der Waals surface area contributed by atoms with Gasteiger partial charge in [0.2, 0.25) is 11.1 Å². The van der Waals surface area contributed by atoms with E-state index in [0.29, 0.717) is 53.7 Å². The van der Waals surface area contributed by atoms with Gasteiger partial charge in [-0.3, -0.25) is 9.59 Å². The number of nitrogens with one attached hydrogen (secondary N) is 2. The van der Waals surface area contributed by atoms with E-state index in [4.69, 9.17) is 20.4 Å². The number of pyridine rings is 1. The van der Waals surface area contributed by atoms with Crippen molar-refractivity contribution in [2.24, 2.45) is 0 Å². The van der Waals surface area contributed by atoms with Gasteiger partial charge in [0.1, 0.15) is 23.2 Å². The van der Waals surface area contributed by atoms with Crippen molar-refractivity contribution < 1.29 is 18.7 Å². The van der Waals surface area contributed by atoms with E-state index in [9.17, 15) is 14.7 Å². The maximum Gasteiger partial charge on any atom is 0.257 e. The number of aliphatic hydroxyl groups excluding tert-OH is 1. The van der Waals surface area contributed by atoms with Gasteiger partial charge < -0.3 is 34.0 Å². The van der Waals surface area contributed by atoms with Crippen LogP contribution in [0.1, 0.15) is 53.8 Å². The average molecular weight is 555 g/mol. The second-order valence-corrected chi connectivity index (χ2v) is 9.77. The second-order valence-electron chi connectivity index (χ2n) is 9.33. The van der Waals surface area contributed by atoms with Gasteiger partial charge in [0.25, 0.3) is 5.91 Å². The molecule has 3 heterocycles. The Morgan fingerprint density at radius 3 is 2.62 bits per heavy atom. The van der Waals surface area contributed by atoms with Gasteiger partial charge in [0, 0.05) is 30.9 Å². The van der Waals surface area contributed by atoms with E-state index in [1.54, 1.807) is 36.5 Å². The summed E-state index contributed by atoms with van der Waals surface area (Å²) in [6, 6.07) is 12.3. The molecule has 4 rings (SSSR count). The first-order valence-corrected chi connectivity index (χ1v) is 13.6. The fourth-order valence-corrected chi connectivity index (χ4v) is 4.51. The number of fused-ring (bicyclic) bond motifs is 1. The number of benzene rings is 1. The minimum absolute atomic E-state index is 0.0675. The molecule has 1 amide bonds. The molecule has 9 nitrogen and oxygen atoms in total. The van der Waals surface area contributed by atoms with Gasteiger partial charge in [-0.05, 0) is 62.0 Å². The maximum atomic E-state index is 13.4. The van der Waals surface area contributed by atoms with E-state index in [1.165, 1.54) is 6.26 Å². The monoisotopic (exact) mass is 554 g/mol. The molecule has 0 bridgehead atoms. The Morgan fingerprint density at radius 1 is 1.15 bits per heavy atom. The zero-order valence-corrected chi connectivity index (χ0v) is 23.0. The molecule has 0 saturated heterocycles. The van der Waals surface area contributed by atoms with Crippen LogP contribution in [0.5, 0.6) is 0 Å². The van der Waals surface area contributed by atoms with E-state index in [-0.39, 0.29) is 17.5 Å². The number of hydrogen-bond donors (Lipinski definition) is 3. The lowest BCUT2D eigenvalue weighted by molar-refractivity contribution is 0.0949. The lowest BCUT2D eigenvalue weighted by Gasteiger charge is -2.19. The van der Waals surface area contributed by atoms with E-state index < -0.39 is 12.0 Å². The quantitative estimate of drug-likeness (QED) is 0.199. The number of rotatable bonds is 14. The Kier molecular flexibility index (Phi) is 10.00. The van der Waals surface area contributed by atoms with Crippen molar-refractivity contribution >= 4 is 28.6 Å². The van der Waals surface area contributed by atoms with Gasteiger partial charge in [0.05, 0.1) is 18.2 Å². The maximum absolute atomic E-state index is 13.4. The second kappa shape index (κ2) is 13.6. The van der Waals surface area contributed by atoms with Crippen LogP contribution in [0.4, 0.5) is 0 Å². The Hall–Kier alpha value is -3.37. The third kappa shape index (κ3) is 7.39. The van der Waals surface area contributed by atoms with Crippen molar-refractivity contribution in [3.05, 3.63) is 92.8 Å². The minimum atomic E-state index is -0.701. The van der Waals surface area contributed by atoms with E-state index in [0.717, 1.165) is 25.2 Å². The molecule has 39 heavy (non-hydrogen) atoms. The Balaban J connectivity index is 1.51. The largest absolute Gasteiger partial charge is 0.467 e. The number of aliphatic hydroxyl groups is 1. The van der Waals surface area contributed by atoms with Gasteiger partial charge in [0.15, 0.2) is 0 Å². The number of halogens is 1. The molecule has 3 N–H and O–H groups in total. The number of carbonyl (C=O) groups excluding carboxylic acids is 1. The predicted molar refractivity (Wildman–Crippen MR) is 151 cm³/mol. The Labute approximate surface area is 232 Å². The lowest BCUT2D eigenvalue weighted by atomic mass is 10.1. The normalized spacial score (nSPS) is 12.3. The van der Waals surface area contributed by atoms with Crippen LogP contribution in [0, 0.1) is 0 Å². The highest BCUT2D eigenvalue weighted by atomic mass is 35.5. The Bertz CT molecular complexity index is 1410. The minimum Gasteiger partial charge on any atom is -0.467 e. The summed E-state index contributed by atoms with van der Waals surface area (Å²) in [4.78, 5) is 28.7. The van der Waals surface area contributed by atoms with Crippen LogP contribution in [-0.2, 0) is 19.6 Å². The summed E-state index contributed by atoms with van der Waals surface area (Å²) in [5.41, 5.74) is 1.01. The molecular formula is C29H35ClN4O5. The summed E-state index contributed by atoms with van der Waals surface area (Å²) in [6.07, 6.45) is 2.88. The van der Waals surface area contributed by atoms with Crippen LogP contribution >= 0.6 is 11.6 Å². The van der Waals surface area contributed by atoms with Crippen molar-refractivity contribution in [2.75, 3.05) is 26.2 Å². The number of furan rings is 2. The summed E-state index contributed by atoms with van der Waals surface area (Å²) in [5, 5.41) is 17.3. The van der Waals surface area contributed by atoms with Gasteiger partial charge in [-0.25, -0.2) is 0 Å². The highest BCUT2D eigenvalue weighted by molar-refractivity contribution is 6.30. The average Bonchev–Trinajstić information content (AvgIpc) is 3.63. The highest BCUT2D eigenvalue weighted by Gasteiger charge is 2.19. The molecule has 0 aliphatic rings. The van der Waals surface area contributed by atoms with E-state index >= 15 is 0 Å². The van der Waals surface area contributed by atoms with Crippen LogP contribution in [0.2, 0.25) is 5.02 Å². The zero-order chi connectivity index (χ0) is 27.8. The molecule has 0 unspecified atom stereocenters. The molecule has 0 radical (unpaired) electrons. The number of nitrogens with zero attached hydrogens (tertiary/aromatic N) is 2. The van der Waals surface area contributed by atoms with Gasteiger partial charge in [-0.1, -0.05) is 37.6 Å². The van der Waals surface area contributed by atoms with Crippen molar-refractivity contribution in [1.82, 2.24) is 20.1 Å². The first kappa shape index (κ1) is 28.6. The first-order chi connectivity index (χ1) is 18.9. The fourth-order valence-electron chi connectivity index (χ4n) is 4.38. The summed E-state index contributed by atoms with van der Waals surface area (Å²) < 4.78 is 13.2. The van der Waals surface area contributed by atoms with Crippen LogP contribution in [0.15, 0.2) is 68.6 Å². The molecule has 10 heteroatoms. The number of carbonyl (C=O) groups is 1. The lowest BCUT2D eigenvalue weighted by Crippen LogP contribution is -2.31. The van der Waals surface area contributed by atoms with Crippen LogP contribution in [0.3, 0.4) is 0 Å². The molecule has 0 saturated carbocycles. The Morgan fingerprint density at radius 2 is 1.92 bits per heavy atom. The third-order valence-electron chi connectivity index (χ3n) is 6.73. The molecular weight excluding hydrogens is 520 g/mol. The molecule has 0 fully saturated rings. The molecule has 208 valence electrons. The molecule has 1 atom stereocenters. The van der Waals surface area contributed by atoms with Crippen molar-refractivity contribution in [3.63, 3.8) is 0 Å². The predicted octanol–water partition coefficient (Wildman–Crippen LogP) is 4.33. The number of hydrogen-bond acceptors (Lipinski definition) is 7. The summed E-state index contributed by atoms with van der Waals surface area (Å²) in [5.74, 6) is 0.652. The van der Waals surface area contributed by atoms with Crippen molar-refractivity contribution in [2.45, 2.75) is 46.0 Å². The van der Waals surface area contributed by atoms with Gasteiger partial charge >= 0.3 is 0 Å². The van der Waals surface area contributed by atoms with E-state index in [1.807, 2.05) is 16.7 Å². The number of likely N-dealkylation sites (N-methyl/N-ethyl adjacent to an activating group) is 1. The summed E-state index contributed by atoms with van der Waals surface area (Å²) >= 11 is 5.95. The topological polar surface area (TPSA) is 113 Å². The summed E-state index contributed by atoms with van der Waals surface area (Å²) in [7, 11) is 0. The number of amides is 1. The van der Waals surface area contributed by atoms with Crippen LogP contribution < -0.4 is 16.1 Å². The van der Waals surface area contributed by atoms with Crippen molar-refractivity contribution in [1.29, 1.82) is 0 Å². The number of aromatic nitrogens is 1. The molecule has 4 aromatic rings.